The highest BCUT2D eigenvalue weighted by molar-refractivity contribution is 7.09. The van der Waals surface area contributed by atoms with Gasteiger partial charge in [-0.1, -0.05) is 0 Å². The van der Waals surface area contributed by atoms with Crippen molar-refractivity contribution < 1.29 is 35.9 Å². The number of rotatable bonds is 9. The maximum Gasteiger partial charge on any atom is 0.419 e. The van der Waals surface area contributed by atoms with Gasteiger partial charge in [-0.2, -0.15) is 35.1 Å². The summed E-state index contributed by atoms with van der Waals surface area (Å²) in [6.07, 6.45) is -0.483. The molecule has 372 valence electrons. The van der Waals surface area contributed by atoms with Gasteiger partial charge in [0.05, 0.1) is 17.4 Å². The Morgan fingerprint density at radius 2 is 1.13 bits per heavy atom. The van der Waals surface area contributed by atoms with Crippen molar-refractivity contribution in [2.24, 2.45) is 5.73 Å². The zero-order chi connectivity index (χ0) is 50.4. The summed E-state index contributed by atoms with van der Waals surface area (Å²) in [5.74, 6) is 1.41. The fourth-order valence-corrected chi connectivity index (χ4v) is 9.71. The molecule has 0 unspecified atom stereocenters. The van der Waals surface area contributed by atoms with Crippen LogP contribution in [0.4, 0.5) is 43.0 Å². The van der Waals surface area contributed by atoms with Gasteiger partial charge in [-0.05, 0) is 120 Å². The van der Waals surface area contributed by atoms with E-state index < -0.39 is 35.2 Å². The first-order valence-electron chi connectivity index (χ1n) is 22.4. The standard InChI is InChI=1S/C25H27F3N8O2S.C20H19F3N8S/c1-12-31-21(39-36-12)18-9-8-13-14(10-29-20(13)32-18)19-15(25(26,27)28)11-30-22(35-19)33-16-6-5-7-17(16)34-23(37)38-24(2,3)4;1-9-27-18(32-31-9)15-6-5-10-11(7-25-17(10)28-15)16-12(20(21,22)23)8-26-19(30-16)29-14-4-2-3-13(14)24/h8-11,16-17H,5-7H2,1-4H3,(H,29,32)(H,34,37)(H,30,33,35);5-8,13-14H,2-4,24H2,1H3,(H,25,28)(H,26,29,30)/t16-,17-;13-,14-/m00/s1. The van der Waals surface area contributed by atoms with Gasteiger partial charge in [-0.25, -0.2) is 44.7 Å². The van der Waals surface area contributed by atoms with Gasteiger partial charge in [-0.3, -0.25) is 0 Å². The number of alkyl halides is 6. The Balaban J connectivity index is 0.000000179. The van der Waals surface area contributed by atoms with Gasteiger partial charge in [0.2, 0.25) is 11.9 Å². The molecule has 2 saturated carbocycles. The normalized spacial score (nSPS) is 18.4. The van der Waals surface area contributed by atoms with Gasteiger partial charge in [0.15, 0.2) is 10.0 Å². The summed E-state index contributed by atoms with van der Waals surface area (Å²) in [6.45, 7) is 8.86. The number of H-pyrrole nitrogens is 2. The molecule has 0 aliphatic heterocycles. The molecule has 8 heterocycles. The maximum absolute atomic E-state index is 14.0. The van der Waals surface area contributed by atoms with Crippen LogP contribution >= 0.6 is 23.1 Å². The molecule has 2 aliphatic carbocycles. The molecular formula is C45H46F6N16O2S2. The number of carbonyl (C=O) groups excluding carboxylic acids is 1. The number of carbonyl (C=O) groups is 1. The molecule has 8 aromatic rings. The first kappa shape index (κ1) is 49.1. The molecule has 26 heteroatoms. The third-order valence-electron chi connectivity index (χ3n) is 11.7. The van der Waals surface area contributed by atoms with Crippen LogP contribution in [0.2, 0.25) is 0 Å². The average molecular weight is 1020 g/mol. The lowest BCUT2D eigenvalue weighted by atomic mass is 10.1. The SMILES string of the molecule is Cc1nsc(-c2ccc3c(-c4nc(N[C@H]5CCC[C@@H]5N)ncc4C(F)(F)F)c[nH]c3n2)n1.Cc1nsc(-c2ccc3c(-c4nc(N[C@H]5CCC[C@@H]5NC(=O)OC(C)(C)C)ncc4C(F)(F)F)c[nH]c3n2)n1. The van der Waals surface area contributed by atoms with E-state index in [1.54, 1.807) is 58.9 Å². The van der Waals surface area contributed by atoms with Crippen LogP contribution in [-0.4, -0.2) is 94.4 Å². The number of aromatic amines is 2. The first-order valence-corrected chi connectivity index (χ1v) is 24.0. The van der Waals surface area contributed by atoms with Crippen molar-refractivity contribution in [2.45, 2.75) is 115 Å². The van der Waals surface area contributed by atoms with E-state index in [1.165, 1.54) is 35.5 Å². The van der Waals surface area contributed by atoms with Crippen molar-refractivity contribution in [3.05, 3.63) is 71.8 Å². The minimum absolute atomic E-state index is 0.0316. The quantitative estimate of drug-likeness (QED) is 0.0736. The number of amides is 1. The van der Waals surface area contributed by atoms with Crippen LogP contribution in [0.1, 0.15) is 82.1 Å². The number of ether oxygens (including phenoxy) is 1. The Morgan fingerprint density at radius 1 is 0.662 bits per heavy atom. The van der Waals surface area contributed by atoms with Gasteiger partial charge in [0.1, 0.15) is 51.1 Å². The van der Waals surface area contributed by atoms with E-state index in [4.69, 9.17) is 10.5 Å². The van der Waals surface area contributed by atoms with E-state index in [1.807, 2.05) is 0 Å². The summed E-state index contributed by atoms with van der Waals surface area (Å²) < 4.78 is 97.0. The highest BCUT2D eigenvalue weighted by Crippen LogP contribution is 2.41. The molecule has 4 atom stereocenters. The molecule has 0 radical (unpaired) electrons. The largest absolute Gasteiger partial charge is 0.444 e. The molecule has 0 saturated heterocycles. The summed E-state index contributed by atoms with van der Waals surface area (Å²) in [5.41, 5.74) is 5.58. The van der Waals surface area contributed by atoms with Crippen LogP contribution in [0, 0.1) is 13.8 Å². The number of hydrogen-bond donors (Lipinski definition) is 6. The molecule has 1 amide bonds. The lowest BCUT2D eigenvalue weighted by Crippen LogP contribution is -2.45. The number of fused-ring (bicyclic) bond motifs is 2. The van der Waals surface area contributed by atoms with Gasteiger partial charge >= 0.3 is 18.4 Å². The lowest BCUT2D eigenvalue weighted by molar-refractivity contribution is -0.138. The monoisotopic (exact) mass is 1020 g/mol. The minimum Gasteiger partial charge on any atom is -0.444 e. The zero-order valence-corrected chi connectivity index (χ0v) is 40.3. The number of aromatic nitrogens is 12. The van der Waals surface area contributed by atoms with Gasteiger partial charge in [0, 0.05) is 64.8 Å². The Morgan fingerprint density at radius 3 is 1.56 bits per heavy atom. The fourth-order valence-electron chi connectivity index (χ4n) is 8.43. The molecule has 71 heavy (non-hydrogen) atoms. The summed E-state index contributed by atoms with van der Waals surface area (Å²) in [4.78, 5) is 52.3. The molecule has 0 aromatic carbocycles. The number of hydrogen-bond acceptors (Lipinski definition) is 17. The first-order chi connectivity index (χ1) is 33.7. The number of anilines is 2. The Labute approximate surface area is 408 Å². The molecule has 2 aliphatic rings. The number of nitrogens with one attached hydrogen (secondary N) is 5. The molecule has 8 aromatic heterocycles. The topological polar surface area (TPSA) is 249 Å². The second kappa shape index (κ2) is 19.3. The van der Waals surface area contributed by atoms with Crippen LogP contribution in [-0.2, 0) is 17.1 Å². The number of nitrogens with two attached hydrogens (primary N) is 1. The van der Waals surface area contributed by atoms with Crippen molar-refractivity contribution in [1.29, 1.82) is 0 Å². The van der Waals surface area contributed by atoms with Crippen LogP contribution in [0.15, 0.2) is 49.1 Å². The second-order valence-electron chi connectivity index (χ2n) is 18.1. The number of aryl methyl sites for hydroxylation is 2. The third kappa shape index (κ3) is 11.0. The fraction of sp³-hybridized carbons (Fsp3) is 0.400. The van der Waals surface area contributed by atoms with Crippen molar-refractivity contribution >= 4 is 63.1 Å². The molecule has 0 bridgehead atoms. The van der Waals surface area contributed by atoms with Crippen LogP contribution < -0.4 is 21.7 Å². The van der Waals surface area contributed by atoms with E-state index in [2.05, 4.69) is 74.5 Å². The Hall–Kier alpha value is -6.93. The highest BCUT2D eigenvalue weighted by atomic mass is 32.1. The Kier molecular flexibility index (Phi) is 13.4. The van der Waals surface area contributed by atoms with E-state index in [9.17, 15) is 31.1 Å². The average Bonchev–Trinajstić information content (AvgIpc) is 4.18. The van der Waals surface area contributed by atoms with Gasteiger partial charge in [0.25, 0.3) is 0 Å². The van der Waals surface area contributed by atoms with Crippen molar-refractivity contribution in [2.75, 3.05) is 10.6 Å². The number of alkyl carbamates (subject to hydrolysis) is 1. The molecular weight excluding hydrogens is 975 g/mol. The van der Waals surface area contributed by atoms with Crippen molar-refractivity contribution in [3.8, 4) is 43.9 Å². The maximum atomic E-state index is 14.0. The zero-order valence-electron chi connectivity index (χ0n) is 38.6. The summed E-state index contributed by atoms with van der Waals surface area (Å²) in [6, 6.07) is 6.10. The Bertz CT molecular complexity index is 3220. The lowest BCUT2D eigenvalue weighted by Gasteiger charge is -2.25. The third-order valence-corrected chi connectivity index (χ3v) is 13.3. The smallest absolute Gasteiger partial charge is 0.419 e. The molecule has 7 N–H and O–H groups in total. The molecule has 2 fully saturated rings. The number of nitrogens with zero attached hydrogens (tertiary/aromatic N) is 10. The molecule has 10 rings (SSSR count). The minimum atomic E-state index is -4.68. The van der Waals surface area contributed by atoms with E-state index in [0.29, 0.717) is 73.5 Å². The predicted octanol–water partition coefficient (Wildman–Crippen LogP) is 9.88. The van der Waals surface area contributed by atoms with E-state index >= 15 is 0 Å². The number of halogens is 6. The van der Waals surface area contributed by atoms with E-state index in [-0.39, 0.29) is 53.0 Å². The molecule has 0 spiro atoms. The predicted molar refractivity (Wildman–Crippen MR) is 255 cm³/mol. The summed E-state index contributed by atoms with van der Waals surface area (Å²) >= 11 is 2.41. The van der Waals surface area contributed by atoms with Crippen molar-refractivity contribution in [3.63, 3.8) is 0 Å². The summed E-state index contributed by atoms with van der Waals surface area (Å²) in [5, 5.41) is 11.3. The second-order valence-corrected chi connectivity index (χ2v) is 19.6. The molecule has 18 nitrogen and oxygen atoms in total. The number of pyridine rings is 2. The van der Waals surface area contributed by atoms with E-state index in [0.717, 1.165) is 38.1 Å². The van der Waals surface area contributed by atoms with Crippen LogP contribution in [0.5, 0.6) is 0 Å². The van der Waals surface area contributed by atoms with Crippen LogP contribution in [0.25, 0.3) is 66.0 Å². The summed E-state index contributed by atoms with van der Waals surface area (Å²) in [7, 11) is 0. The highest BCUT2D eigenvalue weighted by Gasteiger charge is 2.39. The van der Waals surface area contributed by atoms with Crippen molar-refractivity contribution in [1.82, 2.24) is 63.9 Å². The van der Waals surface area contributed by atoms with Gasteiger partial charge in [-0.15, -0.1) is 0 Å². The van der Waals surface area contributed by atoms with Crippen LogP contribution in [0.3, 0.4) is 0 Å². The van der Waals surface area contributed by atoms with Gasteiger partial charge < -0.3 is 36.4 Å².